The molecule has 1 unspecified atom stereocenters. The molecule has 0 radical (unpaired) electrons. The van der Waals surface area contributed by atoms with Crippen LogP contribution >= 0.6 is 0 Å². The molecule has 0 aromatic carbocycles. The second kappa shape index (κ2) is 9.70. The van der Waals surface area contributed by atoms with Crippen LogP contribution in [0.1, 0.15) is 61.2 Å². The first-order chi connectivity index (χ1) is 8.88. The third kappa shape index (κ3) is 8.51. The fourth-order valence-corrected chi connectivity index (χ4v) is 1.55. The van der Waals surface area contributed by atoms with E-state index in [1.54, 1.807) is 0 Å². The van der Waals surface area contributed by atoms with Gasteiger partial charge in [0.15, 0.2) is 5.78 Å². The SMILES string of the molecule is CCC(C)C(=O)CNC(=O)CCCCC(=O)C(C)C.[HH]. The number of carbonyl (C=O) groups excluding carboxylic acids is 3. The number of ketones is 2. The molecule has 1 N–H and O–H groups in total. The van der Waals surface area contributed by atoms with Crippen LogP contribution in [-0.4, -0.2) is 24.0 Å². The molecular weight excluding hydrogens is 242 g/mol. The van der Waals surface area contributed by atoms with Crippen LogP contribution in [0, 0.1) is 11.8 Å². The zero-order chi connectivity index (χ0) is 14.8. The summed E-state index contributed by atoms with van der Waals surface area (Å²) in [7, 11) is 0. The molecule has 0 heterocycles. The molecule has 19 heavy (non-hydrogen) atoms. The Hall–Kier alpha value is -1.19. The van der Waals surface area contributed by atoms with Gasteiger partial charge >= 0.3 is 0 Å². The van der Waals surface area contributed by atoms with E-state index >= 15 is 0 Å². The molecule has 1 atom stereocenters. The third-order valence-electron chi connectivity index (χ3n) is 3.34. The monoisotopic (exact) mass is 271 g/mol. The van der Waals surface area contributed by atoms with E-state index in [0.29, 0.717) is 19.3 Å². The highest BCUT2D eigenvalue weighted by atomic mass is 16.2. The summed E-state index contributed by atoms with van der Waals surface area (Å²) in [6.45, 7) is 7.71. The van der Waals surface area contributed by atoms with Gasteiger partial charge in [0.25, 0.3) is 0 Å². The maximum Gasteiger partial charge on any atom is 0.220 e. The van der Waals surface area contributed by atoms with Crippen molar-refractivity contribution in [2.75, 3.05) is 6.54 Å². The molecule has 0 saturated carbocycles. The van der Waals surface area contributed by atoms with Crippen LogP contribution in [-0.2, 0) is 14.4 Å². The van der Waals surface area contributed by atoms with Crippen LogP contribution in [0.25, 0.3) is 0 Å². The normalized spacial score (nSPS) is 12.3. The van der Waals surface area contributed by atoms with Crippen molar-refractivity contribution in [2.45, 2.75) is 59.8 Å². The molecular formula is C15H29NO3. The van der Waals surface area contributed by atoms with E-state index in [0.717, 1.165) is 12.8 Å². The first-order valence-electron chi connectivity index (χ1n) is 7.20. The molecule has 0 aliphatic rings. The minimum Gasteiger partial charge on any atom is -0.349 e. The van der Waals surface area contributed by atoms with E-state index in [-0.39, 0.29) is 37.3 Å². The van der Waals surface area contributed by atoms with E-state index in [1.807, 2.05) is 27.7 Å². The largest absolute Gasteiger partial charge is 0.349 e. The van der Waals surface area contributed by atoms with Gasteiger partial charge in [-0.25, -0.2) is 0 Å². The maximum atomic E-state index is 11.5. The Balaban J connectivity index is 0. The zero-order valence-electron chi connectivity index (χ0n) is 12.6. The molecule has 0 aromatic heterocycles. The van der Waals surface area contributed by atoms with Crippen molar-refractivity contribution >= 4 is 17.5 Å². The maximum absolute atomic E-state index is 11.5. The predicted octanol–water partition coefficient (Wildman–Crippen LogP) is 2.75. The van der Waals surface area contributed by atoms with Crippen LogP contribution in [0.5, 0.6) is 0 Å². The van der Waals surface area contributed by atoms with Gasteiger partial charge in [-0.05, 0) is 19.3 Å². The lowest BCUT2D eigenvalue weighted by atomic mass is 10.0. The molecule has 0 aliphatic heterocycles. The topological polar surface area (TPSA) is 63.2 Å². The van der Waals surface area contributed by atoms with Gasteiger partial charge in [-0.1, -0.05) is 27.7 Å². The van der Waals surface area contributed by atoms with Crippen molar-refractivity contribution in [3.63, 3.8) is 0 Å². The van der Waals surface area contributed by atoms with Crippen molar-refractivity contribution < 1.29 is 15.8 Å². The first-order valence-corrected chi connectivity index (χ1v) is 7.20. The number of rotatable bonds is 10. The van der Waals surface area contributed by atoms with Crippen LogP contribution in [0.2, 0.25) is 0 Å². The first kappa shape index (κ1) is 17.8. The Bertz CT molecular complexity index is 316. The van der Waals surface area contributed by atoms with Crippen molar-refractivity contribution in [1.29, 1.82) is 0 Å². The van der Waals surface area contributed by atoms with Crippen molar-refractivity contribution in [1.82, 2.24) is 5.32 Å². The minimum atomic E-state index is -0.103. The Morgan fingerprint density at radius 3 is 2.11 bits per heavy atom. The Kier molecular flexibility index (Phi) is 9.09. The lowest BCUT2D eigenvalue weighted by Gasteiger charge is -2.08. The van der Waals surface area contributed by atoms with Crippen molar-refractivity contribution in [3.05, 3.63) is 0 Å². The van der Waals surface area contributed by atoms with E-state index in [4.69, 9.17) is 0 Å². The molecule has 0 saturated heterocycles. The summed E-state index contributed by atoms with van der Waals surface area (Å²) >= 11 is 0. The number of hydrogen-bond acceptors (Lipinski definition) is 3. The lowest BCUT2D eigenvalue weighted by molar-refractivity contribution is -0.126. The Morgan fingerprint density at radius 2 is 1.58 bits per heavy atom. The Morgan fingerprint density at radius 1 is 1.00 bits per heavy atom. The Labute approximate surface area is 117 Å². The van der Waals surface area contributed by atoms with Gasteiger partial charge in [0.1, 0.15) is 5.78 Å². The highest BCUT2D eigenvalue weighted by Crippen LogP contribution is 2.06. The summed E-state index contributed by atoms with van der Waals surface area (Å²) in [4.78, 5) is 34.4. The van der Waals surface area contributed by atoms with E-state index in [2.05, 4.69) is 5.32 Å². The lowest BCUT2D eigenvalue weighted by Crippen LogP contribution is -2.31. The van der Waals surface area contributed by atoms with Gasteiger partial charge in [0, 0.05) is 26.1 Å². The molecule has 0 fully saturated rings. The zero-order valence-corrected chi connectivity index (χ0v) is 12.6. The number of carbonyl (C=O) groups is 3. The van der Waals surface area contributed by atoms with Gasteiger partial charge in [-0.3, -0.25) is 14.4 Å². The number of Topliss-reactive ketones (excluding diaryl/α,β-unsaturated/α-hetero) is 2. The molecule has 0 spiro atoms. The molecule has 112 valence electrons. The number of hydrogen-bond donors (Lipinski definition) is 1. The van der Waals surface area contributed by atoms with Crippen LogP contribution in [0.15, 0.2) is 0 Å². The molecule has 4 nitrogen and oxygen atoms in total. The molecule has 1 amide bonds. The summed E-state index contributed by atoms with van der Waals surface area (Å²) < 4.78 is 0. The fourth-order valence-electron chi connectivity index (χ4n) is 1.55. The van der Waals surface area contributed by atoms with Crippen LogP contribution in [0.4, 0.5) is 0 Å². The molecule has 4 heteroatoms. The molecule has 0 aliphatic carbocycles. The van der Waals surface area contributed by atoms with Gasteiger partial charge in [0.2, 0.25) is 5.91 Å². The molecule has 0 rings (SSSR count). The number of nitrogens with one attached hydrogen (secondary N) is 1. The average molecular weight is 271 g/mol. The molecule has 0 aromatic rings. The second-order valence-corrected chi connectivity index (χ2v) is 5.38. The van der Waals surface area contributed by atoms with Gasteiger partial charge < -0.3 is 5.32 Å². The van der Waals surface area contributed by atoms with E-state index in [1.165, 1.54) is 0 Å². The second-order valence-electron chi connectivity index (χ2n) is 5.38. The van der Waals surface area contributed by atoms with Gasteiger partial charge in [-0.2, -0.15) is 0 Å². The number of amides is 1. The summed E-state index contributed by atoms with van der Waals surface area (Å²) in [6, 6.07) is 0. The summed E-state index contributed by atoms with van der Waals surface area (Å²) in [6.07, 6.45) is 3.16. The average Bonchev–Trinajstić information content (AvgIpc) is 2.39. The van der Waals surface area contributed by atoms with Crippen LogP contribution in [0.3, 0.4) is 0 Å². The van der Waals surface area contributed by atoms with E-state index in [9.17, 15) is 14.4 Å². The fraction of sp³-hybridized carbons (Fsp3) is 0.800. The quantitative estimate of drug-likeness (QED) is 0.621. The van der Waals surface area contributed by atoms with Gasteiger partial charge in [-0.15, -0.1) is 0 Å². The number of unbranched alkanes of at least 4 members (excludes halogenated alkanes) is 1. The smallest absolute Gasteiger partial charge is 0.220 e. The third-order valence-corrected chi connectivity index (χ3v) is 3.34. The van der Waals surface area contributed by atoms with E-state index < -0.39 is 0 Å². The predicted molar refractivity (Wildman–Crippen MR) is 77.9 cm³/mol. The van der Waals surface area contributed by atoms with Gasteiger partial charge in [0.05, 0.1) is 6.54 Å². The summed E-state index contributed by atoms with van der Waals surface area (Å²) in [5.74, 6) is 0.290. The van der Waals surface area contributed by atoms with Crippen LogP contribution < -0.4 is 5.32 Å². The standard InChI is InChI=1S/C15H27NO3.H2/c1-5-12(4)14(18)10-16-15(19)9-7-6-8-13(17)11(2)3;/h11-12H,5-10H2,1-4H3,(H,16,19);1H. The van der Waals surface area contributed by atoms with Crippen molar-refractivity contribution in [2.24, 2.45) is 11.8 Å². The highest BCUT2D eigenvalue weighted by Gasteiger charge is 2.12. The minimum absolute atomic E-state index is 0. The summed E-state index contributed by atoms with van der Waals surface area (Å²) in [5, 5.41) is 2.64. The summed E-state index contributed by atoms with van der Waals surface area (Å²) in [5.41, 5.74) is 0. The van der Waals surface area contributed by atoms with Crippen molar-refractivity contribution in [3.8, 4) is 0 Å². The molecule has 0 bridgehead atoms. The highest BCUT2D eigenvalue weighted by molar-refractivity contribution is 5.87.